The molecule has 0 aliphatic heterocycles. The summed E-state index contributed by atoms with van der Waals surface area (Å²) in [6.45, 7) is 2.72. The van der Waals surface area contributed by atoms with Gasteiger partial charge in [0.05, 0.1) is 12.0 Å². The Morgan fingerprint density at radius 2 is 1.47 bits per heavy atom. The molecule has 1 amide bonds. The fourth-order valence-corrected chi connectivity index (χ4v) is 3.92. The molecular weight excluding hydrogens is 406 g/mol. The fraction of sp³-hybridized carbons (Fsp3) is 0.500. The number of phenols is 1. The van der Waals surface area contributed by atoms with Crippen molar-refractivity contribution < 1.29 is 24.6 Å². The summed E-state index contributed by atoms with van der Waals surface area (Å²) in [4.78, 5) is 36.4. The molecule has 2 aromatic carbocycles. The second-order valence-electron chi connectivity index (χ2n) is 8.31. The number of aromatic hydroxyl groups is 1. The lowest BCUT2D eigenvalue weighted by Gasteiger charge is -2.11. The molecule has 0 unspecified atom stereocenters. The maximum atomic E-state index is 12.8. The van der Waals surface area contributed by atoms with Crippen LogP contribution in [0.5, 0.6) is 5.75 Å². The third-order valence-corrected chi connectivity index (χ3v) is 5.70. The third kappa shape index (κ3) is 7.66. The van der Waals surface area contributed by atoms with Gasteiger partial charge in [-0.3, -0.25) is 9.59 Å². The second kappa shape index (κ2) is 13.5. The number of carbonyl (C=O) groups is 3. The molecule has 174 valence electrons. The van der Waals surface area contributed by atoms with Crippen LogP contribution in [0.15, 0.2) is 30.3 Å². The number of aromatic carboxylic acids is 1. The summed E-state index contributed by atoms with van der Waals surface area (Å²) in [5.74, 6) is -2.94. The molecule has 0 fully saturated rings. The van der Waals surface area contributed by atoms with Crippen LogP contribution in [-0.4, -0.2) is 34.4 Å². The Morgan fingerprint density at radius 3 is 2.09 bits per heavy atom. The van der Waals surface area contributed by atoms with E-state index in [0.29, 0.717) is 17.3 Å². The van der Waals surface area contributed by atoms with Crippen molar-refractivity contribution in [1.29, 1.82) is 0 Å². The zero-order valence-corrected chi connectivity index (χ0v) is 19.0. The summed E-state index contributed by atoms with van der Waals surface area (Å²) in [6.07, 6.45) is 11.6. The quantitative estimate of drug-likeness (QED) is 0.183. The summed E-state index contributed by atoms with van der Waals surface area (Å²) in [5.41, 5.74) is -0.465. The highest BCUT2D eigenvalue weighted by atomic mass is 16.4. The molecule has 2 rings (SSSR count). The number of carboxylic acid groups (broad SMARTS) is 1. The number of ketones is 1. The van der Waals surface area contributed by atoms with Crippen molar-refractivity contribution in [1.82, 2.24) is 5.32 Å². The Kier molecular flexibility index (Phi) is 10.7. The molecule has 0 aliphatic rings. The van der Waals surface area contributed by atoms with Crippen molar-refractivity contribution in [3.05, 3.63) is 41.5 Å². The number of rotatable bonds is 15. The van der Waals surface area contributed by atoms with Crippen molar-refractivity contribution in [2.45, 2.75) is 77.6 Å². The van der Waals surface area contributed by atoms with E-state index in [9.17, 15) is 24.6 Å². The van der Waals surface area contributed by atoms with E-state index in [-0.39, 0.29) is 11.1 Å². The van der Waals surface area contributed by atoms with E-state index < -0.39 is 29.8 Å². The molecule has 0 aromatic heterocycles. The van der Waals surface area contributed by atoms with Crippen molar-refractivity contribution in [3.8, 4) is 5.75 Å². The molecule has 0 atom stereocenters. The SMILES string of the molecule is CCCCCCCCCCCCNC(=O)CC(=O)c1c(O)c(C(=O)O)cc2ccccc12. The van der Waals surface area contributed by atoms with Crippen LogP contribution in [0.4, 0.5) is 0 Å². The van der Waals surface area contributed by atoms with Gasteiger partial charge < -0.3 is 15.5 Å². The molecule has 0 spiro atoms. The number of Topliss-reactive ketones (excluding diaryl/α,β-unsaturated/α-hetero) is 1. The molecule has 0 radical (unpaired) electrons. The van der Waals surface area contributed by atoms with Crippen LogP contribution >= 0.6 is 0 Å². The van der Waals surface area contributed by atoms with Crippen LogP contribution in [0.3, 0.4) is 0 Å². The van der Waals surface area contributed by atoms with Crippen LogP contribution < -0.4 is 5.32 Å². The average molecular weight is 442 g/mol. The minimum absolute atomic E-state index is 0.116. The lowest BCUT2D eigenvalue weighted by molar-refractivity contribution is -0.120. The van der Waals surface area contributed by atoms with E-state index in [1.54, 1.807) is 24.3 Å². The van der Waals surface area contributed by atoms with E-state index >= 15 is 0 Å². The van der Waals surface area contributed by atoms with Gasteiger partial charge in [-0.05, 0) is 23.3 Å². The Labute approximate surface area is 190 Å². The van der Waals surface area contributed by atoms with Gasteiger partial charge in [0.15, 0.2) is 5.78 Å². The van der Waals surface area contributed by atoms with Gasteiger partial charge in [-0.15, -0.1) is 0 Å². The number of hydrogen-bond donors (Lipinski definition) is 3. The monoisotopic (exact) mass is 441 g/mol. The normalized spacial score (nSPS) is 10.9. The lowest BCUT2D eigenvalue weighted by Crippen LogP contribution is -2.26. The predicted molar refractivity (Wildman–Crippen MR) is 126 cm³/mol. The van der Waals surface area contributed by atoms with E-state index in [2.05, 4.69) is 12.2 Å². The summed E-state index contributed by atoms with van der Waals surface area (Å²) >= 11 is 0. The number of amides is 1. The summed E-state index contributed by atoms with van der Waals surface area (Å²) in [5, 5.41) is 23.4. The lowest BCUT2D eigenvalue weighted by atomic mass is 9.95. The first kappa shape index (κ1) is 25.4. The van der Waals surface area contributed by atoms with Gasteiger partial charge >= 0.3 is 5.97 Å². The van der Waals surface area contributed by atoms with Crippen LogP contribution in [0.25, 0.3) is 10.8 Å². The largest absolute Gasteiger partial charge is 0.506 e. The van der Waals surface area contributed by atoms with Crippen molar-refractivity contribution in [2.75, 3.05) is 6.54 Å². The zero-order chi connectivity index (χ0) is 23.3. The Balaban J connectivity index is 1.79. The minimum Gasteiger partial charge on any atom is -0.506 e. The van der Waals surface area contributed by atoms with E-state index in [4.69, 9.17) is 0 Å². The maximum absolute atomic E-state index is 12.8. The van der Waals surface area contributed by atoms with Gasteiger partial charge in [0.1, 0.15) is 11.3 Å². The number of benzene rings is 2. The molecule has 0 bridgehead atoms. The van der Waals surface area contributed by atoms with Gasteiger partial charge in [0, 0.05) is 6.54 Å². The molecule has 3 N–H and O–H groups in total. The second-order valence-corrected chi connectivity index (χ2v) is 8.31. The number of carbonyl (C=O) groups excluding carboxylic acids is 2. The van der Waals surface area contributed by atoms with Crippen molar-refractivity contribution in [2.24, 2.45) is 0 Å². The van der Waals surface area contributed by atoms with Gasteiger partial charge in [-0.1, -0.05) is 89.0 Å². The van der Waals surface area contributed by atoms with E-state index in [1.807, 2.05) is 0 Å². The van der Waals surface area contributed by atoms with Gasteiger partial charge in [-0.25, -0.2) is 4.79 Å². The highest BCUT2D eigenvalue weighted by Gasteiger charge is 2.23. The number of unbranched alkanes of at least 4 members (excludes halogenated alkanes) is 9. The van der Waals surface area contributed by atoms with Crippen LogP contribution in [0, 0.1) is 0 Å². The molecular formula is C26H35NO5. The average Bonchev–Trinajstić information content (AvgIpc) is 2.76. The topological polar surface area (TPSA) is 104 Å². The van der Waals surface area contributed by atoms with Crippen LogP contribution in [-0.2, 0) is 4.79 Å². The van der Waals surface area contributed by atoms with E-state index in [0.717, 1.165) is 19.3 Å². The fourth-order valence-electron chi connectivity index (χ4n) is 3.92. The van der Waals surface area contributed by atoms with Crippen molar-refractivity contribution in [3.63, 3.8) is 0 Å². The van der Waals surface area contributed by atoms with Gasteiger partial charge in [0.25, 0.3) is 0 Å². The number of carboxylic acids is 1. The molecule has 6 nitrogen and oxygen atoms in total. The standard InChI is InChI=1S/C26H35NO5/c1-2-3-4-5-6-7-8-9-10-13-16-27-23(29)18-22(28)24-20-15-12-11-14-19(20)17-21(25(24)30)26(31)32/h11-12,14-15,17,30H,2-10,13,16,18H2,1H3,(H,27,29)(H,31,32). The molecule has 0 aliphatic carbocycles. The first-order valence-corrected chi connectivity index (χ1v) is 11.7. The molecule has 6 heteroatoms. The predicted octanol–water partition coefficient (Wildman–Crippen LogP) is 5.85. The zero-order valence-electron chi connectivity index (χ0n) is 19.0. The Bertz CT molecular complexity index is 922. The molecule has 0 saturated carbocycles. The van der Waals surface area contributed by atoms with E-state index in [1.165, 1.54) is 51.0 Å². The minimum atomic E-state index is -1.33. The first-order chi connectivity index (χ1) is 15.5. The number of nitrogens with one attached hydrogen (secondary N) is 1. The Morgan fingerprint density at radius 1 is 0.875 bits per heavy atom. The van der Waals surface area contributed by atoms with Crippen molar-refractivity contribution >= 4 is 28.4 Å². The first-order valence-electron chi connectivity index (χ1n) is 11.7. The molecule has 0 saturated heterocycles. The van der Waals surface area contributed by atoms with Gasteiger partial charge in [-0.2, -0.15) is 0 Å². The Hall–Kier alpha value is -2.89. The highest BCUT2D eigenvalue weighted by molar-refractivity contribution is 6.18. The van der Waals surface area contributed by atoms with Crippen LogP contribution in [0.2, 0.25) is 0 Å². The summed E-state index contributed by atoms with van der Waals surface area (Å²) in [6, 6.07) is 8.05. The smallest absolute Gasteiger partial charge is 0.339 e. The summed E-state index contributed by atoms with van der Waals surface area (Å²) in [7, 11) is 0. The molecule has 2 aromatic rings. The van der Waals surface area contributed by atoms with Gasteiger partial charge in [0.2, 0.25) is 5.91 Å². The highest BCUT2D eigenvalue weighted by Crippen LogP contribution is 2.32. The molecule has 0 heterocycles. The molecule has 32 heavy (non-hydrogen) atoms. The number of fused-ring (bicyclic) bond motifs is 1. The third-order valence-electron chi connectivity index (χ3n) is 5.70. The summed E-state index contributed by atoms with van der Waals surface area (Å²) < 4.78 is 0. The number of hydrogen-bond acceptors (Lipinski definition) is 4. The maximum Gasteiger partial charge on any atom is 0.339 e. The van der Waals surface area contributed by atoms with Crippen LogP contribution in [0.1, 0.15) is 98.3 Å².